The molecular weight excluding hydrogens is 457 g/mol. The number of esters is 1. The van der Waals surface area contributed by atoms with Crippen molar-refractivity contribution in [2.45, 2.75) is 0 Å². The average molecular weight is 474 g/mol. The van der Waals surface area contributed by atoms with E-state index in [1.165, 1.54) is 19.2 Å². The van der Waals surface area contributed by atoms with Crippen LogP contribution in [0.4, 0.5) is 5.69 Å². The SMILES string of the molecule is COc1cc(C=NNC(=S)Nc2ccccc2)ccc1OC(=O)c1ccc(Cl)cc1Cl. The number of ether oxygens (including phenoxy) is 2. The molecule has 3 aromatic rings. The molecule has 0 bridgehead atoms. The molecule has 0 aliphatic heterocycles. The van der Waals surface area contributed by atoms with Crippen LogP contribution in [0.1, 0.15) is 15.9 Å². The summed E-state index contributed by atoms with van der Waals surface area (Å²) in [4.78, 5) is 12.4. The molecule has 0 aliphatic rings. The standard InChI is InChI=1S/C22H17Cl2N3O3S/c1-29-20-11-14(13-25-27-22(31)26-16-5-3-2-4-6-16)7-10-19(20)30-21(28)17-9-8-15(23)12-18(17)24/h2-13H,1H3,(H2,26,27,31). The molecule has 31 heavy (non-hydrogen) atoms. The van der Waals surface area contributed by atoms with Gasteiger partial charge >= 0.3 is 5.97 Å². The van der Waals surface area contributed by atoms with Crippen molar-refractivity contribution in [3.8, 4) is 11.5 Å². The average Bonchev–Trinajstić information content (AvgIpc) is 2.75. The van der Waals surface area contributed by atoms with Gasteiger partial charge in [-0.1, -0.05) is 41.4 Å². The minimum atomic E-state index is -0.625. The molecule has 6 nitrogen and oxygen atoms in total. The largest absolute Gasteiger partial charge is 0.493 e. The number of hydrogen-bond acceptors (Lipinski definition) is 5. The van der Waals surface area contributed by atoms with Gasteiger partial charge < -0.3 is 14.8 Å². The Hall–Kier alpha value is -3.13. The third-order valence-corrected chi connectivity index (χ3v) is 4.69. The lowest BCUT2D eigenvalue weighted by molar-refractivity contribution is 0.0730. The van der Waals surface area contributed by atoms with Crippen LogP contribution in [0.5, 0.6) is 11.5 Å². The summed E-state index contributed by atoms with van der Waals surface area (Å²) >= 11 is 17.1. The Bertz CT molecular complexity index is 1120. The lowest BCUT2D eigenvalue weighted by Gasteiger charge is -2.11. The van der Waals surface area contributed by atoms with Crippen LogP contribution >= 0.6 is 35.4 Å². The summed E-state index contributed by atoms with van der Waals surface area (Å²) in [5, 5.41) is 8.08. The Morgan fingerprint density at radius 3 is 2.52 bits per heavy atom. The molecule has 9 heteroatoms. The lowest BCUT2D eigenvalue weighted by Crippen LogP contribution is -2.23. The molecule has 158 valence electrons. The van der Waals surface area contributed by atoms with Crippen LogP contribution < -0.4 is 20.2 Å². The van der Waals surface area contributed by atoms with Crippen molar-refractivity contribution in [1.29, 1.82) is 0 Å². The fourth-order valence-electron chi connectivity index (χ4n) is 2.50. The monoisotopic (exact) mass is 473 g/mol. The van der Waals surface area contributed by atoms with Crippen molar-refractivity contribution < 1.29 is 14.3 Å². The number of anilines is 1. The molecule has 0 aromatic heterocycles. The Balaban J connectivity index is 1.64. The van der Waals surface area contributed by atoms with E-state index in [0.717, 1.165) is 5.69 Å². The van der Waals surface area contributed by atoms with E-state index in [4.69, 9.17) is 44.9 Å². The van der Waals surface area contributed by atoms with E-state index in [0.29, 0.717) is 21.4 Å². The second-order valence-corrected chi connectivity index (χ2v) is 7.37. The van der Waals surface area contributed by atoms with E-state index < -0.39 is 5.97 Å². The number of methoxy groups -OCH3 is 1. The van der Waals surface area contributed by atoms with Gasteiger partial charge in [-0.15, -0.1) is 0 Å². The zero-order chi connectivity index (χ0) is 22.2. The predicted octanol–water partition coefficient (Wildman–Crippen LogP) is 5.54. The summed E-state index contributed by atoms with van der Waals surface area (Å²) in [7, 11) is 1.47. The highest BCUT2D eigenvalue weighted by Crippen LogP contribution is 2.29. The van der Waals surface area contributed by atoms with Crippen molar-refractivity contribution in [2.75, 3.05) is 12.4 Å². The third-order valence-electron chi connectivity index (χ3n) is 3.95. The molecule has 0 amide bonds. The van der Waals surface area contributed by atoms with Crippen LogP contribution in [0.2, 0.25) is 10.0 Å². The topological polar surface area (TPSA) is 71.9 Å². The summed E-state index contributed by atoms with van der Waals surface area (Å²) < 4.78 is 10.8. The van der Waals surface area contributed by atoms with Gasteiger partial charge in [-0.3, -0.25) is 5.43 Å². The maximum atomic E-state index is 12.4. The van der Waals surface area contributed by atoms with Crippen molar-refractivity contribution in [1.82, 2.24) is 5.43 Å². The highest BCUT2D eigenvalue weighted by atomic mass is 35.5. The Morgan fingerprint density at radius 1 is 1.03 bits per heavy atom. The molecule has 0 radical (unpaired) electrons. The summed E-state index contributed by atoms with van der Waals surface area (Å²) in [6, 6.07) is 19.0. The first kappa shape index (κ1) is 22.6. The van der Waals surface area contributed by atoms with Crippen molar-refractivity contribution in [3.05, 3.63) is 87.9 Å². The molecule has 0 atom stereocenters. The van der Waals surface area contributed by atoms with Crippen LogP contribution in [-0.4, -0.2) is 24.4 Å². The van der Waals surface area contributed by atoms with E-state index in [-0.39, 0.29) is 16.3 Å². The maximum absolute atomic E-state index is 12.4. The van der Waals surface area contributed by atoms with Crippen LogP contribution in [0.25, 0.3) is 0 Å². The van der Waals surface area contributed by atoms with Crippen molar-refractivity contribution in [2.24, 2.45) is 5.10 Å². The molecule has 0 saturated carbocycles. The predicted molar refractivity (Wildman–Crippen MR) is 128 cm³/mol. The third kappa shape index (κ3) is 6.42. The first-order valence-corrected chi connectivity index (χ1v) is 10.1. The number of rotatable bonds is 6. The van der Waals surface area contributed by atoms with Gasteiger partial charge in [0.25, 0.3) is 0 Å². The number of carbonyl (C=O) groups is 1. The number of hydrazone groups is 1. The van der Waals surface area contributed by atoms with E-state index in [1.54, 1.807) is 30.5 Å². The van der Waals surface area contributed by atoms with Gasteiger partial charge in [-0.05, 0) is 66.3 Å². The number of hydrogen-bond donors (Lipinski definition) is 2. The number of para-hydroxylation sites is 1. The highest BCUT2D eigenvalue weighted by molar-refractivity contribution is 7.80. The number of nitrogens with zero attached hydrogens (tertiary/aromatic N) is 1. The number of carbonyl (C=O) groups excluding carboxylic acids is 1. The molecule has 0 saturated heterocycles. The van der Waals surface area contributed by atoms with Crippen LogP contribution in [0.15, 0.2) is 71.8 Å². The quantitative estimate of drug-likeness (QED) is 0.161. The summed E-state index contributed by atoms with van der Waals surface area (Å²) in [6.07, 6.45) is 1.56. The van der Waals surface area contributed by atoms with Gasteiger partial charge in [0.15, 0.2) is 16.6 Å². The van der Waals surface area contributed by atoms with Gasteiger partial charge in [-0.25, -0.2) is 4.79 Å². The normalized spacial score (nSPS) is 10.5. The molecule has 0 spiro atoms. The van der Waals surface area contributed by atoms with Crippen LogP contribution in [-0.2, 0) is 0 Å². The highest BCUT2D eigenvalue weighted by Gasteiger charge is 2.16. The molecule has 0 unspecified atom stereocenters. The van der Waals surface area contributed by atoms with Gasteiger partial charge in [0.1, 0.15) is 0 Å². The molecule has 3 aromatic carbocycles. The second-order valence-electron chi connectivity index (χ2n) is 6.11. The summed E-state index contributed by atoms with van der Waals surface area (Å²) in [5.41, 5.74) is 4.49. The number of nitrogens with one attached hydrogen (secondary N) is 2. The minimum absolute atomic E-state index is 0.197. The van der Waals surface area contributed by atoms with Crippen molar-refractivity contribution in [3.63, 3.8) is 0 Å². The molecule has 0 aliphatic carbocycles. The van der Waals surface area contributed by atoms with E-state index in [2.05, 4.69) is 15.8 Å². The van der Waals surface area contributed by atoms with E-state index in [9.17, 15) is 4.79 Å². The Labute approximate surface area is 194 Å². The number of benzene rings is 3. The maximum Gasteiger partial charge on any atom is 0.345 e. The van der Waals surface area contributed by atoms with Gasteiger partial charge in [-0.2, -0.15) is 5.10 Å². The van der Waals surface area contributed by atoms with E-state index >= 15 is 0 Å². The Kier molecular flexibility index (Phi) is 7.83. The van der Waals surface area contributed by atoms with E-state index in [1.807, 2.05) is 30.3 Å². The zero-order valence-electron chi connectivity index (χ0n) is 16.3. The molecular formula is C22H17Cl2N3O3S. The number of halogens is 2. The molecule has 0 heterocycles. The fourth-order valence-corrected chi connectivity index (χ4v) is 3.16. The van der Waals surface area contributed by atoms with Gasteiger partial charge in [0.2, 0.25) is 0 Å². The Morgan fingerprint density at radius 2 is 1.81 bits per heavy atom. The molecule has 2 N–H and O–H groups in total. The van der Waals surface area contributed by atoms with Gasteiger partial charge in [0.05, 0.1) is 23.9 Å². The lowest BCUT2D eigenvalue weighted by atomic mass is 10.2. The first-order valence-electron chi connectivity index (χ1n) is 8.96. The van der Waals surface area contributed by atoms with Crippen molar-refractivity contribution >= 4 is 58.4 Å². The second kappa shape index (κ2) is 10.8. The summed E-state index contributed by atoms with van der Waals surface area (Å²) in [5.74, 6) is -0.0300. The zero-order valence-corrected chi connectivity index (χ0v) is 18.6. The summed E-state index contributed by atoms with van der Waals surface area (Å²) in [6.45, 7) is 0. The number of thiocarbonyl (C=S) groups is 1. The molecule has 0 fully saturated rings. The smallest absolute Gasteiger partial charge is 0.345 e. The minimum Gasteiger partial charge on any atom is -0.493 e. The van der Waals surface area contributed by atoms with Crippen LogP contribution in [0, 0.1) is 0 Å². The fraction of sp³-hybridized carbons (Fsp3) is 0.0455. The van der Waals surface area contributed by atoms with Gasteiger partial charge in [0, 0.05) is 10.7 Å². The first-order chi connectivity index (χ1) is 15.0. The molecule has 3 rings (SSSR count). The van der Waals surface area contributed by atoms with Crippen LogP contribution in [0.3, 0.4) is 0 Å².